The van der Waals surface area contributed by atoms with Crippen molar-refractivity contribution in [1.29, 1.82) is 0 Å². The van der Waals surface area contributed by atoms with Gasteiger partial charge in [0, 0.05) is 4.47 Å². The maximum atomic E-state index is 10.6. The Bertz CT molecular complexity index is 607. The second-order valence-corrected chi connectivity index (χ2v) is 6.87. The van der Waals surface area contributed by atoms with Crippen LogP contribution in [0, 0.1) is 5.92 Å². The van der Waals surface area contributed by atoms with Gasteiger partial charge < -0.3 is 5.11 Å². The summed E-state index contributed by atoms with van der Waals surface area (Å²) in [7, 11) is 0. The van der Waals surface area contributed by atoms with Gasteiger partial charge in [0.1, 0.15) is 0 Å². The molecule has 0 spiro atoms. The molecule has 0 bridgehead atoms. The number of halogens is 2. The molecular weight excluding hydrogens is 340 g/mol. The highest BCUT2D eigenvalue weighted by Gasteiger charge is 2.21. The van der Waals surface area contributed by atoms with Gasteiger partial charge >= 0.3 is 0 Å². The van der Waals surface area contributed by atoms with Crippen LogP contribution in [-0.4, -0.2) is 14.5 Å². The Morgan fingerprint density at radius 2 is 2.15 bits per heavy atom. The third kappa shape index (κ3) is 2.74. The fourth-order valence-electron chi connectivity index (χ4n) is 3.16. The first-order chi connectivity index (χ1) is 9.66. The number of hydrogen-bond donors (Lipinski definition) is 1. The highest BCUT2D eigenvalue weighted by molar-refractivity contribution is 9.10. The summed E-state index contributed by atoms with van der Waals surface area (Å²) in [5, 5.41) is 11.2. The van der Waals surface area contributed by atoms with Crippen molar-refractivity contribution in [3.05, 3.63) is 33.8 Å². The molecule has 2 aromatic heterocycles. The normalized spacial score (nSPS) is 18.6. The fourth-order valence-corrected chi connectivity index (χ4v) is 3.80. The van der Waals surface area contributed by atoms with E-state index >= 15 is 0 Å². The van der Waals surface area contributed by atoms with E-state index in [1.165, 1.54) is 32.1 Å². The molecule has 1 saturated carbocycles. The zero-order chi connectivity index (χ0) is 14.1. The summed E-state index contributed by atoms with van der Waals surface area (Å²) in [6, 6.07) is 1.91. The standard InChI is InChI=1S/C15H18BrClN2O/c16-11-7-12(19-9-18-8-13(19)15(11)17)14(20)6-10-4-2-1-3-5-10/h7-10,14,20H,1-6H2. The van der Waals surface area contributed by atoms with Crippen LogP contribution in [0.25, 0.3) is 5.52 Å². The molecule has 108 valence electrons. The SMILES string of the molecule is OC(CC1CCCCC1)c1cc(Br)c(Cl)c2cncn12. The van der Waals surface area contributed by atoms with Crippen LogP contribution in [0.15, 0.2) is 23.1 Å². The van der Waals surface area contributed by atoms with Crippen LogP contribution in [0.1, 0.15) is 50.3 Å². The summed E-state index contributed by atoms with van der Waals surface area (Å²) in [6.07, 6.45) is 10.2. The Hall–Kier alpha value is -0.580. The van der Waals surface area contributed by atoms with E-state index in [0.29, 0.717) is 10.9 Å². The van der Waals surface area contributed by atoms with Crippen LogP contribution in [0.4, 0.5) is 0 Å². The maximum Gasteiger partial charge on any atom is 0.0995 e. The van der Waals surface area contributed by atoms with E-state index in [1.807, 2.05) is 10.5 Å². The van der Waals surface area contributed by atoms with Gasteiger partial charge in [-0.25, -0.2) is 4.98 Å². The van der Waals surface area contributed by atoms with Crippen molar-refractivity contribution in [2.24, 2.45) is 5.92 Å². The molecule has 3 nitrogen and oxygen atoms in total. The molecule has 0 aromatic carbocycles. The molecule has 1 atom stereocenters. The van der Waals surface area contributed by atoms with Crippen LogP contribution in [0.5, 0.6) is 0 Å². The summed E-state index contributed by atoms with van der Waals surface area (Å²) in [4.78, 5) is 4.14. The number of fused-ring (bicyclic) bond motifs is 1. The van der Waals surface area contributed by atoms with E-state index in [0.717, 1.165) is 22.1 Å². The maximum absolute atomic E-state index is 10.6. The Morgan fingerprint density at radius 1 is 1.40 bits per heavy atom. The number of imidazole rings is 1. The van der Waals surface area contributed by atoms with Crippen LogP contribution in [0.3, 0.4) is 0 Å². The molecule has 20 heavy (non-hydrogen) atoms. The Balaban J connectivity index is 1.88. The molecule has 3 rings (SSSR count). The monoisotopic (exact) mass is 356 g/mol. The van der Waals surface area contributed by atoms with Gasteiger partial charge in [0.25, 0.3) is 0 Å². The van der Waals surface area contributed by atoms with E-state index in [-0.39, 0.29) is 0 Å². The van der Waals surface area contributed by atoms with Gasteiger partial charge in [-0.15, -0.1) is 0 Å². The summed E-state index contributed by atoms with van der Waals surface area (Å²) in [5.74, 6) is 0.631. The smallest absolute Gasteiger partial charge is 0.0995 e. The number of hydrogen-bond acceptors (Lipinski definition) is 2. The van der Waals surface area contributed by atoms with E-state index < -0.39 is 6.10 Å². The lowest BCUT2D eigenvalue weighted by atomic mass is 9.85. The van der Waals surface area contributed by atoms with E-state index in [4.69, 9.17) is 11.6 Å². The number of aliphatic hydroxyl groups is 1. The average molecular weight is 358 g/mol. The minimum atomic E-state index is -0.469. The average Bonchev–Trinajstić information content (AvgIpc) is 2.93. The molecule has 2 aromatic rings. The Morgan fingerprint density at radius 3 is 2.90 bits per heavy atom. The third-order valence-corrected chi connectivity index (χ3v) is 5.50. The van der Waals surface area contributed by atoms with Gasteiger partial charge in [-0.2, -0.15) is 0 Å². The molecule has 1 aliphatic rings. The van der Waals surface area contributed by atoms with Crippen molar-refractivity contribution in [1.82, 2.24) is 9.38 Å². The molecule has 0 radical (unpaired) electrons. The molecule has 1 fully saturated rings. The van der Waals surface area contributed by atoms with Crippen molar-refractivity contribution in [2.75, 3.05) is 0 Å². The minimum Gasteiger partial charge on any atom is -0.387 e. The molecule has 1 N–H and O–H groups in total. The largest absolute Gasteiger partial charge is 0.387 e. The zero-order valence-electron chi connectivity index (χ0n) is 11.2. The predicted octanol–water partition coefficient (Wildman–Crippen LogP) is 4.75. The number of aliphatic hydroxyl groups excluding tert-OH is 1. The lowest BCUT2D eigenvalue weighted by Gasteiger charge is -2.24. The second-order valence-electron chi connectivity index (χ2n) is 5.64. The molecule has 1 aliphatic carbocycles. The lowest BCUT2D eigenvalue weighted by Crippen LogP contribution is -2.13. The predicted molar refractivity (Wildman–Crippen MR) is 84.1 cm³/mol. The van der Waals surface area contributed by atoms with Gasteiger partial charge in [0.15, 0.2) is 0 Å². The van der Waals surface area contributed by atoms with Gasteiger partial charge in [0.05, 0.1) is 34.9 Å². The van der Waals surface area contributed by atoms with E-state index in [9.17, 15) is 5.11 Å². The first-order valence-corrected chi connectivity index (χ1v) is 8.32. The van der Waals surface area contributed by atoms with Crippen molar-refractivity contribution in [2.45, 2.75) is 44.6 Å². The molecule has 2 heterocycles. The first-order valence-electron chi connectivity index (χ1n) is 7.15. The Labute approximate surface area is 132 Å². The fraction of sp³-hybridized carbons (Fsp3) is 0.533. The molecule has 0 amide bonds. The van der Waals surface area contributed by atoms with Crippen molar-refractivity contribution in [3.8, 4) is 0 Å². The highest BCUT2D eigenvalue weighted by Crippen LogP contribution is 2.35. The number of nitrogens with zero attached hydrogens (tertiary/aromatic N) is 2. The number of aromatic nitrogens is 2. The zero-order valence-corrected chi connectivity index (χ0v) is 13.6. The van der Waals surface area contributed by atoms with Crippen LogP contribution in [-0.2, 0) is 0 Å². The summed E-state index contributed by atoms with van der Waals surface area (Å²) in [5.41, 5.74) is 1.69. The third-order valence-electron chi connectivity index (χ3n) is 4.25. The van der Waals surface area contributed by atoms with Gasteiger partial charge in [-0.05, 0) is 34.3 Å². The number of rotatable bonds is 3. The van der Waals surface area contributed by atoms with Crippen molar-refractivity contribution in [3.63, 3.8) is 0 Å². The minimum absolute atomic E-state index is 0.469. The first kappa shape index (κ1) is 14.4. The molecule has 0 saturated heterocycles. The van der Waals surface area contributed by atoms with Crippen LogP contribution in [0.2, 0.25) is 5.02 Å². The van der Waals surface area contributed by atoms with Gasteiger partial charge in [0.2, 0.25) is 0 Å². The topological polar surface area (TPSA) is 37.5 Å². The second kappa shape index (κ2) is 6.04. The summed E-state index contributed by atoms with van der Waals surface area (Å²) >= 11 is 9.71. The van der Waals surface area contributed by atoms with E-state index in [2.05, 4.69) is 20.9 Å². The highest BCUT2D eigenvalue weighted by atomic mass is 79.9. The molecule has 0 aliphatic heterocycles. The van der Waals surface area contributed by atoms with Crippen LogP contribution >= 0.6 is 27.5 Å². The molecule has 1 unspecified atom stereocenters. The molecule has 5 heteroatoms. The summed E-state index contributed by atoms with van der Waals surface area (Å²) in [6.45, 7) is 0. The lowest BCUT2D eigenvalue weighted by molar-refractivity contribution is 0.126. The Kier molecular flexibility index (Phi) is 4.34. The van der Waals surface area contributed by atoms with Crippen molar-refractivity contribution >= 4 is 33.0 Å². The summed E-state index contributed by atoms with van der Waals surface area (Å²) < 4.78 is 2.70. The number of pyridine rings is 1. The van der Waals surface area contributed by atoms with Crippen LogP contribution < -0.4 is 0 Å². The molecular formula is C15H18BrClN2O. The van der Waals surface area contributed by atoms with Gasteiger partial charge in [-0.1, -0.05) is 43.7 Å². The van der Waals surface area contributed by atoms with Crippen molar-refractivity contribution < 1.29 is 5.11 Å². The van der Waals surface area contributed by atoms with Gasteiger partial charge in [-0.3, -0.25) is 4.40 Å². The van der Waals surface area contributed by atoms with E-state index in [1.54, 1.807) is 12.5 Å². The quantitative estimate of drug-likeness (QED) is 0.860.